The van der Waals surface area contributed by atoms with E-state index in [1.165, 1.54) is 5.56 Å². The molecule has 2 heterocycles. The Bertz CT molecular complexity index is 589. The molecular formula is C16H21N3O2. The van der Waals surface area contributed by atoms with Crippen LogP contribution in [0.4, 0.5) is 0 Å². The van der Waals surface area contributed by atoms with Gasteiger partial charge in [0, 0.05) is 12.2 Å². The van der Waals surface area contributed by atoms with Crippen LogP contribution in [0.25, 0.3) is 11.5 Å². The number of likely N-dealkylation sites (tertiary alicyclic amines) is 1. The number of aromatic nitrogens is 2. The van der Waals surface area contributed by atoms with Gasteiger partial charge in [0.25, 0.3) is 0 Å². The molecule has 0 amide bonds. The van der Waals surface area contributed by atoms with Gasteiger partial charge in [0.15, 0.2) is 0 Å². The maximum Gasteiger partial charge on any atom is 0.247 e. The van der Waals surface area contributed by atoms with E-state index in [2.05, 4.69) is 15.1 Å². The standard InChI is InChI=1S/C16H21N3O2/c1-12-3-2-4-14(9-12)16-18-17-15(21-16)10-19-7-5-13(11-20)6-8-19/h2-4,9,13,20H,5-8,10-11H2,1H3. The molecule has 0 aliphatic carbocycles. The number of aryl methyl sites for hydroxylation is 1. The Balaban J connectivity index is 1.63. The minimum absolute atomic E-state index is 0.298. The summed E-state index contributed by atoms with van der Waals surface area (Å²) >= 11 is 0. The molecule has 112 valence electrons. The minimum atomic E-state index is 0.298. The van der Waals surface area contributed by atoms with Crippen molar-refractivity contribution in [2.45, 2.75) is 26.3 Å². The predicted molar refractivity (Wildman–Crippen MR) is 79.6 cm³/mol. The summed E-state index contributed by atoms with van der Waals surface area (Å²) in [7, 11) is 0. The van der Waals surface area contributed by atoms with Crippen molar-refractivity contribution in [1.82, 2.24) is 15.1 Å². The molecule has 3 rings (SSSR count). The molecule has 1 aromatic carbocycles. The normalized spacial score (nSPS) is 17.2. The number of piperidine rings is 1. The van der Waals surface area contributed by atoms with E-state index in [1.807, 2.05) is 31.2 Å². The summed E-state index contributed by atoms with van der Waals surface area (Å²) in [5.74, 6) is 1.69. The van der Waals surface area contributed by atoms with Crippen molar-refractivity contribution in [1.29, 1.82) is 0 Å². The van der Waals surface area contributed by atoms with Crippen LogP contribution in [-0.2, 0) is 6.54 Å². The highest BCUT2D eigenvalue weighted by Crippen LogP contribution is 2.21. The number of hydrogen-bond donors (Lipinski definition) is 1. The zero-order chi connectivity index (χ0) is 14.7. The summed E-state index contributed by atoms with van der Waals surface area (Å²) < 4.78 is 5.77. The Hall–Kier alpha value is -1.72. The van der Waals surface area contributed by atoms with E-state index in [0.29, 0.717) is 30.9 Å². The van der Waals surface area contributed by atoms with E-state index < -0.39 is 0 Å². The third-order valence-electron chi connectivity index (χ3n) is 4.06. The average Bonchev–Trinajstić information content (AvgIpc) is 2.97. The second kappa shape index (κ2) is 6.37. The smallest absolute Gasteiger partial charge is 0.247 e. The van der Waals surface area contributed by atoms with Crippen molar-refractivity contribution in [2.24, 2.45) is 5.92 Å². The van der Waals surface area contributed by atoms with Crippen molar-refractivity contribution < 1.29 is 9.52 Å². The highest BCUT2D eigenvalue weighted by Gasteiger charge is 2.20. The molecule has 1 N–H and O–H groups in total. The maximum absolute atomic E-state index is 9.16. The van der Waals surface area contributed by atoms with Gasteiger partial charge in [0.05, 0.1) is 6.54 Å². The molecule has 1 saturated heterocycles. The van der Waals surface area contributed by atoms with Crippen molar-refractivity contribution in [3.63, 3.8) is 0 Å². The summed E-state index contributed by atoms with van der Waals surface area (Å²) in [6, 6.07) is 8.07. The highest BCUT2D eigenvalue weighted by atomic mass is 16.4. The zero-order valence-electron chi connectivity index (χ0n) is 12.3. The molecule has 0 spiro atoms. The van der Waals surface area contributed by atoms with Crippen LogP contribution in [0.3, 0.4) is 0 Å². The zero-order valence-corrected chi connectivity index (χ0v) is 12.3. The summed E-state index contributed by atoms with van der Waals surface area (Å²) in [4.78, 5) is 2.31. The van der Waals surface area contributed by atoms with Crippen molar-refractivity contribution in [2.75, 3.05) is 19.7 Å². The molecular weight excluding hydrogens is 266 g/mol. The summed E-state index contributed by atoms with van der Waals surface area (Å²) in [6.45, 7) is 5.00. The third kappa shape index (κ3) is 3.49. The van der Waals surface area contributed by atoms with Crippen LogP contribution in [0.5, 0.6) is 0 Å². The highest BCUT2D eigenvalue weighted by molar-refractivity contribution is 5.53. The molecule has 0 radical (unpaired) electrons. The Morgan fingerprint density at radius 3 is 2.81 bits per heavy atom. The lowest BCUT2D eigenvalue weighted by Gasteiger charge is -2.29. The predicted octanol–water partition coefficient (Wildman–Crippen LogP) is 2.25. The van der Waals surface area contributed by atoms with E-state index in [-0.39, 0.29) is 0 Å². The lowest BCUT2D eigenvalue weighted by atomic mass is 9.98. The molecule has 1 aromatic heterocycles. The first-order valence-electron chi connectivity index (χ1n) is 7.47. The van der Waals surface area contributed by atoms with Crippen LogP contribution in [-0.4, -0.2) is 39.9 Å². The van der Waals surface area contributed by atoms with Crippen LogP contribution >= 0.6 is 0 Å². The molecule has 1 aliphatic heterocycles. The summed E-state index contributed by atoms with van der Waals surface area (Å²) in [5, 5.41) is 17.4. The van der Waals surface area contributed by atoms with E-state index in [9.17, 15) is 0 Å². The topological polar surface area (TPSA) is 62.4 Å². The molecule has 0 bridgehead atoms. The molecule has 2 aromatic rings. The molecule has 5 nitrogen and oxygen atoms in total. The molecule has 5 heteroatoms. The first-order chi connectivity index (χ1) is 10.2. The number of hydrogen-bond acceptors (Lipinski definition) is 5. The van der Waals surface area contributed by atoms with Gasteiger partial charge in [-0.2, -0.15) is 0 Å². The first-order valence-corrected chi connectivity index (χ1v) is 7.47. The van der Waals surface area contributed by atoms with Gasteiger partial charge < -0.3 is 9.52 Å². The quantitative estimate of drug-likeness (QED) is 0.934. The van der Waals surface area contributed by atoms with Gasteiger partial charge in [-0.05, 0) is 50.9 Å². The minimum Gasteiger partial charge on any atom is -0.419 e. The molecule has 21 heavy (non-hydrogen) atoms. The fraction of sp³-hybridized carbons (Fsp3) is 0.500. The Morgan fingerprint density at radius 2 is 2.10 bits per heavy atom. The van der Waals surface area contributed by atoms with Crippen molar-refractivity contribution >= 4 is 0 Å². The third-order valence-corrected chi connectivity index (χ3v) is 4.06. The van der Waals surface area contributed by atoms with Gasteiger partial charge in [-0.15, -0.1) is 10.2 Å². The van der Waals surface area contributed by atoms with Crippen LogP contribution in [0.1, 0.15) is 24.3 Å². The van der Waals surface area contributed by atoms with Gasteiger partial charge in [-0.25, -0.2) is 0 Å². The van der Waals surface area contributed by atoms with Crippen LogP contribution < -0.4 is 0 Å². The van der Waals surface area contributed by atoms with Gasteiger partial charge >= 0.3 is 0 Å². The van der Waals surface area contributed by atoms with Crippen molar-refractivity contribution in [3.8, 4) is 11.5 Å². The van der Waals surface area contributed by atoms with Gasteiger partial charge in [0.2, 0.25) is 11.8 Å². The largest absolute Gasteiger partial charge is 0.419 e. The molecule has 0 unspecified atom stereocenters. The second-order valence-corrected chi connectivity index (χ2v) is 5.77. The number of nitrogens with zero attached hydrogens (tertiary/aromatic N) is 3. The summed E-state index contributed by atoms with van der Waals surface area (Å²) in [6.07, 6.45) is 2.07. The molecule has 0 atom stereocenters. The number of aliphatic hydroxyl groups excluding tert-OH is 1. The Kier molecular flexibility index (Phi) is 4.31. The fourth-order valence-corrected chi connectivity index (χ4v) is 2.73. The molecule has 1 fully saturated rings. The molecule has 0 saturated carbocycles. The second-order valence-electron chi connectivity index (χ2n) is 5.77. The van der Waals surface area contributed by atoms with E-state index in [4.69, 9.17) is 9.52 Å². The van der Waals surface area contributed by atoms with Gasteiger partial charge in [0.1, 0.15) is 0 Å². The fourth-order valence-electron chi connectivity index (χ4n) is 2.73. The van der Waals surface area contributed by atoms with Crippen LogP contribution in [0.2, 0.25) is 0 Å². The van der Waals surface area contributed by atoms with Crippen LogP contribution in [0.15, 0.2) is 28.7 Å². The number of benzene rings is 1. The van der Waals surface area contributed by atoms with Gasteiger partial charge in [-0.1, -0.05) is 17.7 Å². The lowest BCUT2D eigenvalue weighted by Crippen LogP contribution is -2.34. The Morgan fingerprint density at radius 1 is 1.29 bits per heavy atom. The van der Waals surface area contributed by atoms with E-state index >= 15 is 0 Å². The van der Waals surface area contributed by atoms with Crippen LogP contribution in [0, 0.1) is 12.8 Å². The number of aliphatic hydroxyl groups is 1. The molecule has 1 aliphatic rings. The maximum atomic E-state index is 9.16. The van der Waals surface area contributed by atoms with Crippen molar-refractivity contribution in [3.05, 3.63) is 35.7 Å². The Labute approximate surface area is 124 Å². The van der Waals surface area contributed by atoms with E-state index in [1.54, 1.807) is 0 Å². The number of rotatable bonds is 4. The average molecular weight is 287 g/mol. The SMILES string of the molecule is Cc1cccc(-c2nnc(CN3CCC(CO)CC3)o2)c1. The summed E-state index contributed by atoms with van der Waals surface area (Å²) in [5.41, 5.74) is 2.14. The lowest BCUT2D eigenvalue weighted by molar-refractivity contribution is 0.121. The monoisotopic (exact) mass is 287 g/mol. The first kappa shape index (κ1) is 14.2. The van der Waals surface area contributed by atoms with E-state index in [0.717, 1.165) is 31.5 Å². The van der Waals surface area contributed by atoms with Gasteiger partial charge in [-0.3, -0.25) is 4.90 Å².